The zero-order chi connectivity index (χ0) is 26.3. The zero-order valence-corrected chi connectivity index (χ0v) is 25.5. The fourth-order valence-electron chi connectivity index (χ4n) is 3.93. The number of fused-ring (bicyclic) bond motifs is 1. The first-order chi connectivity index (χ1) is 17.1. The van der Waals surface area contributed by atoms with E-state index in [1.54, 1.807) is 49.4 Å². The van der Waals surface area contributed by atoms with Gasteiger partial charge in [-0.1, -0.05) is 61.0 Å². The average Bonchev–Trinajstić information content (AvgIpc) is 3.14. The maximum Gasteiger partial charge on any atom is 0.282 e. The lowest BCUT2D eigenvalue weighted by Gasteiger charge is -2.35. The minimum Gasteiger partial charge on any atom is -0.292 e. The Morgan fingerprint density at radius 3 is 1.83 bits per heavy atom. The molecule has 6 nitrogen and oxygen atoms in total. The zero-order valence-electron chi connectivity index (χ0n) is 18.4. The van der Waals surface area contributed by atoms with E-state index in [4.69, 9.17) is 11.6 Å². The Balaban J connectivity index is 1.93. The number of amides is 3. The normalized spacial score (nSPS) is 13.6. The Morgan fingerprint density at radius 2 is 1.33 bits per heavy atom. The molecule has 0 aromatic heterocycles. The van der Waals surface area contributed by atoms with Crippen molar-refractivity contribution in [2.75, 3.05) is 0 Å². The molecular weight excluding hydrogens is 747 g/mol. The van der Waals surface area contributed by atoms with Crippen LogP contribution in [-0.2, 0) is 0 Å². The molecule has 4 rings (SSSR count). The van der Waals surface area contributed by atoms with Gasteiger partial charge in [0.1, 0.15) is 6.04 Å². The van der Waals surface area contributed by atoms with E-state index in [1.807, 2.05) is 0 Å². The smallest absolute Gasteiger partial charge is 0.282 e. The third-order valence-electron chi connectivity index (χ3n) is 5.65. The lowest BCUT2D eigenvalue weighted by atomic mass is 10.0. The van der Waals surface area contributed by atoms with Crippen molar-refractivity contribution in [1.82, 2.24) is 10.0 Å². The third-order valence-corrected chi connectivity index (χ3v) is 10.7. The van der Waals surface area contributed by atoms with Crippen LogP contribution in [0.5, 0.6) is 0 Å². The van der Waals surface area contributed by atoms with Crippen molar-refractivity contribution in [2.45, 2.75) is 19.4 Å². The van der Waals surface area contributed by atoms with Gasteiger partial charge in [0.2, 0.25) is 0 Å². The summed E-state index contributed by atoms with van der Waals surface area (Å²) >= 11 is 19.9. The fraction of sp³-hybridized carbons (Fsp3) is 0.120. The lowest BCUT2D eigenvalue weighted by Crippen LogP contribution is -2.57. The minimum atomic E-state index is -1.16. The second kappa shape index (κ2) is 10.9. The highest BCUT2D eigenvalue weighted by molar-refractivity contribution is 9.15. The molecule has 0 saturated carbocycles. The van der Waals surface area contributed by atoms with Crippen molar-refractivity contribution in [3.8, 4) is 0 Å². The topological polar surface area (TPSA) is 74.8 Å². The minimum absolute atomic E-state index is 0.0514. The maximum atomic E-state index is 13.9. The highest BCUT2D eigenvalue weighted by atomic mass is 79.9. The molecule has 0 aliphatic carbocycles. The van der Waals surface area contributed by atoms with Crippen LogP contribution in [0.25, 0.3) is 0 Å². The molecular formula is C25H15Br4ClN2O4. The van der Waals surface area contributed by atoms with E-state index >= 15 is 0 Å². The van der Waals surface area contributed by atoms with Crippen LogP contribution in [0.1, 0.15) is 54.8 Å². The van der Waals surface area contributed by atoms with Crippen LogP contribution in [0.3, 0.4) is 0 Å². The molecule has 0 radical (unpaired) electrons. The standard InChI is InChI=1S/C25H15Br4ClN2O4/c1-2-15(22(33)12-8-4-3-5-9-12)31(23(34)13-10-6-7-11-14(13)30)32-24(35)16-17(25(32)36)19(27)21(29)20(28)18(16)26/h3-11,15H,2H2,1H3/t15-/m0/s1. The number of halogens is 5. The molecule has 1 aliphatic rings. The van der Waals surface area contributed by atoms with Crippen molar-refractivity contribution in [3.63, 3.8) is 0 Å². The predicted octanol–water partition coefficient (Wildman–Crippen LogP) is 7.70. The Bertz CT molecular complexity index is 1380. The Labute approximate surface area is 245 Å². The molecule has 0 fully saturated rings. The van der Waals surface area contributed by atoms with Crippen LogP contribution in [0, 0.1) is 0 Å². The molecule has 1 heterocycles. The number of carbonyl (C=O) groups is 4. The molecule has 36 heavy (non-hydrogen) atoms. The molecule has 0 spiro atoms. The molecule has 0 N–H and O–H groups in total. The van der Waals surface area contributed by atoms with Crippen molar-refractivity contribution in [1.29, 1.82) is 0 Å². The second-order valence-electron chi connectivity index (χ2n) is 7.71. The molecule has 3 aromatic rings. The third kappa shape index (κ3) is 4.51. The van der Waals surface area contributed by atoms with Gasteiger partial charge in [0.15, 0.2) is 5.78 Å². The molecule has 1 aliphatic heterocycles. The monoisotopic (exact) mass is 758 g/mol. The van der Waals surface area contributed by atoms with Gasteiger partial charge < -0.3 is 0 Å². The van der Waals surface area contributed by atoms with Gasteiger partial charge in [-0.2, -0.15) is 5.01 Å². The van der Waals surface area contributed by atoms with Crippen molar-refractivity contribution < 1.29 is 19.2 Å². The summed E-state index contributed by atoms with van der Waals surface area (Å²) in [4.78, 5) is 55.1. The van der Waals surface area contributed by atoms with Crippen molar-refractivity contribution in [2.24, 2.45) is 0 Å². The van der Waals surface area contributed by atoms with Crippen LogP contribution in [0.4, 0.5) is 0 Å². The molecule has 3 amide bonds. The molecule has 0 unspecified atom stereocenters. The number of imide groups is 1. The highest BCUT2D eigenvalue weighted by Crippen LogP contribution is 2.46. The van der Waals surface area contributed by atoms with Gasteiger partial charge in [-0.05, 0) is 82.3 Å². The van der Waals surface area contributed by atoms with Crippen LogP contribution >= 0.6 is 75.3 Å². The van der Waals surface area contributed by atoms with Crippen LogP contribution in [-0.4, -0.2) is 39.6 Å². The van der Waals surface area contributed by atoms with E-state index in [-0.39, 0.29) is 28.1 Å². The van der Waals surface area contributed by atoms with Gasteiger partial charge in [-0.3, -0.25) is 19.2 Å². The quantitative estimate of drug-likeness (QED) is 0.112. The van der Waals surface area contributed by atoms with Gasteiger partial charge in [0.25, 0.3) is 17.7 Å². The number of Topliss-reactive ketones (excluding diaryl/α,β-unsaturated/α-hetero) is 1. The van der Waals surface area contributed by atoms with Gasteiger partial charge in [0.05, 0.1) is 21.7 Å². The largest absolute Gasteiger partial charge is 0.292 e. The SMILES string of the molecule is CC[C@@H](C(=O)c1ccccc1)N(C(=O)c1ccccc1Cl)N1C(=O)c2c(Br)c(Br)c(Br)c(Br)c2C1=O. The molecule has 1 atom stereocenters. The van der Waals surface area contributed by atoms with Crippen LogP contribution in [0.15, 0.2) is 72.5 Å². The summed E-state index contributed by atoms with van der Waals surface area (Å²) in [5.41, 5.74) is 0.503. The summed E-state index contributed by atoms with van der Waals surface area (Å²) in [5.74, 6) is -2.68. The Kier molecular flexibility index (Phi) is 8.21. The van der Waals surface area contributed by atoms with Gasteiger partial charge in [0, 0.05) is 23.5 Å². The first kappa shape index (κ1) is 27.2. The van der Waals surface area contributed by atoms with Gasteiger partial charge >= 0.3 is 0 Å². The Morgan fingerprint density at radius 1 is 0.833 bits per heavy atom. The fourth-order valence-corrected chi connectivity index (χ4v) is 6.60. The number of benzene rings is 3. The molecule has 0 saturated heterocycles. The number of rotatable bonds is 6. The van der Waals surface area contributed by atoms with Crippen LogP contribution in [0.2, 0.25) is 5.02 Å². The summed E-state index contributed by atoms with van der Waals surface area (Å²) in [6, 6.07) is 13.5. The van der Waals surface area contributed by atoms with Crippen molar-refractivity contribution >= 4 is 98.8 Å². The Hall–Kier alpha value is -1.85. The number of ketones is 1. The van der Waals surface area contributed by atoms with E-state index in [0.717, 1.165) is 10.0 Å². The summed E-state index contributed by atoms with van der Waals surface area (Å²) in [6.07, 6.45) is 0.132. The van der Waals surface area contributed by atoms with E-state index in [0.29, 0.717) is 23.5 Å². The van der Waals surface area contributed by atoms with E-state index in [2.05, 4.69) is 63.7 Å². The van der Waals surface area contributed by atoms with E-state index in [9.17, 15) is 19.2 Å². The van der Waals surface area contributed by atoms with Gasteiger partial charge in [-0.25, -0.2) is 5.01 Å². The van der Waals surface area contributed by atoms with E-state index < -0.39 is 29.5 Å². The molecule has 184 valence electrons. The average molecular weight is 762 g/mol. The highest BCUT2D eigenvalue weighted by Gasteiger charge is 2.48. The number of carbonyl (C=O) groups excluding carboxylic acids is 4. The van der Waals surface area contributed by atoms with Crippen LogP contribution < -0.4 is 0 Å². The van der Waals surface area contributed by atoms with E-state index in [1.165, 1.54) is 12.1 Å². The summed E-state index contributed by atoms with van der Waals surface area (Å²) in [7, 11) is 0. The summed E-state index contributed by atoms with van der Waals surface area (Å²) in [6.45, 7) is 1.70. The first-order valence-electron chi connectivity index (χ1n) is 10.5. The molecule has 0 bridgehead atoms. The summed E-state index contributed by atoms with van der Waals surface area (Å²) < 4.78 is 1.68. The molecule has 11 heteroatoms. The lowest BCUT2D eigenvalue weighted by molar-refractivity contribution is -0.00975. The summed E-state index contributed by atoms with van der Waals surface area (Å²) in [5, 5.41) is 1.79. The predicted molar refractivity (Wildman–Crippen MR) is 150 cm³/mol. The maximum absolute atomic E-state index is 13.9. The number of hydrogen-bond donors (Lipinski definition) is 0. The van der Waals surface area contributed by atoms with Crippen molar-refractivity contribution in [3.05, 3.63) is 99.8 Å². The molecule has 3 aromatic carbocycles. The number of nitrogens with zero attached hydrogens (tertiary/aromatic N) is 2. The second-order valence-corrected chi connectivity index (χ2v) is 11.3. The number of hydrogen-bond acceptors (Lipinski definition) is 4. The number of hydrazine groups is 1. The van der Waals surface area contributed by atoms with Gasteiger partial charge in [-0.15, -0.1) is 0 Å². The first-order valence-corrected chi connectivity index (χ1v) is 14.1.